The van der Waals surface area contributed by atoms with E-state index in [1.54, 1.807) is 6.20 Å². The maximum Gasteiger partial charge on any atom is 0.229 e. The molecule has 0 radical (unpaired) electrons. The van der Waals surface area contributed by atoms with Gasteiger partial charge in [0.05, 0.1) is 23.0 Å². The summed E-state index contributed by atoms with van der Waals surface area (Å²) in [6.45, 7) is 5.95. The minimum Gasteiger partial charge on any atom is -0.489 e. The third-order valence-corrected chi connectivity index (χ3v) is 4.25. The fourth-order valence-corrected chi connectivity index (χ4v) is 3.08. The van der Waals surface area contributed by atoms with Gasteiger partial charge in [0.25, 0.3) is 0 Å². The number of nitrogens with one attached hydrogen (secondary N) is 2. The first-order valence-corrected chi connectivity index (χ1v) is 9.57. The molecule has 0 amide bonds. The smallest absolute Gasteiger partial charge is 0.229 e. The van der Waals surface area contributed by atoms with Crippen LogP contribution in [0.4, 0.5) is 23.1 Å². The predicted molar refractivity (Wildman–Crippen MR) is 117 cm³/mol. The molecule has 0 aliphatic rings. The number of hydrogen-bond donors (Lipinski definition) is 2. The van der Waals surface area contributed by atoms with Crippen molar-refractivity contribution in [3.63, 3.8) is 0 Å². The highest BCUT2D eigenvalue weighted by molar-refractivity contribution is 5.91. The van der Waals surface area contributed by atoms with E-state index < -0.39 is 0 Å². The van der Waals surface area contributed by atoms with Gasteiger partial charge in [0, 0.05) is 23.3 Å². The molecule has 0 bridgehead atoms. The molecule has 0 spiro atoms. The van der Waals surface area contributed by atoms with Crippen LogP contribution in [0.3, 0.4) is 0 Å². The lowest BCUT2D eigenvalue weighted by molar-refractivity contribution is 0.244. The van der Waals surface area contributed by atoms with Gasteiger partial charge in [-0.2, -0.15) is 4.98 Å². The largest absolute Gasteiger partial charge is 0.489 e. The molecule has 6 nitrogen and oxygen atoms in total. The van der Waals surface area contributed by atoms with Crippen LogP contribution in [0, 0.1) is 6.92 Å². The summed E-state index contributed by atoms with van der Waals surface area (Å²) in [4.78, 5) is 13.6. The predicted octanol–water partition coefficient (Wildman–Crippen LogP) is 5.61. The molecule has 0 saturated carbocycles. The van der Waals surface area contributed by atoms with Crippen molar-refractivity contribution in [2.45, 2.75) is 26.9 Å². The zero-order chi connectivity index (χ0) is 20.2. The number of ether oxygens (including phenoxy) is 1. The van der Waals surface area contributed by atoms with E-state index in [4.69, 9.17) is 4.74 Å². The van der Waals surface area contributed by atoms with Crippen molar-refractivity contribution in [3.05, 3.63) is 72.6 Å². The number of aromatic nitrogens is 3. The number of anilines is 4. The maximum atomic E-state index is 5.89. The van der Waals surface area contributed by atoms with Gasteiger partial charge >= 0.3 is 0 Å². The van der Waals surface area contributed by atoms with E-state index >= 15 is 0 Å². The molecular formula is C23H23N5O. The van der Waals surface area contributed by atoms with Crippen LogP contribution in [-0.4, -0.2) is 21.1 Å². The molecule has 0 fully saturated rings. The Labute approximate surface area is 170 Å². The highest BCUT2D eigenvalue weighted by Crippen LogP contribution is 2.29. The van der Waals surface area contributed by atoms with Gasteiger partial charge in [0.2, 0.25) is 5.95 Å². The normalized spacial score (nSPS) is 10.9. The Hall–Kier alpha value is -3.67. The molecule has 2 heterocycles. The molecule has 2 N–H and O–H groups in total. The van der Waals surface area contributed by atoms with Crippen LogP contribution >= 0.6 is 0 Å². The third-order valence-electron chi connectivity index (χ3n) is 4.25. The highest BCUT2D eigenvalue weighted by Gasteiger charge is 2.09. The minimum absolute atomic E-state index is 0.0844. The molecule has 0 aliphatic carbocycles. The van der Waals surface area contributed by atoms with Crippen LogP contribution in [0.15, 0.2) is 66.9 Å². The Kier molecular flexibility index (Phi) is 5.24. The molecule has 0 atom stereocenters. The number of rotatable bonds is 6. The summed E-state index contributed by atoms with van der Waals surface area (Å²) in [5, 5.41) is 7.71. The summed E-state index contributed by atoms with van der Waals surface area (Å²) in [6, 6.07) is 19.7. The molecule has 6 heteroatoms. The second kappa shape index (κ2) is 8.14. The van der Waals surface area contributed by atoms with E-state index in [1.807, 2.05) is 81.4 Å². The molecule has 29 heavy (non-hydrogen) atoms. The van der Waals surface area contributed by atoms with E-state index in [1.165, 1.54) is 0 Å². The quantitative estimate of drug-likeness (QED) is 0.450. The molecule has 4 aromatic rings. The van der Waals surface area contributed by atoms with Gasteiger partial charge in [-0.3, -0.25) is 4.98 Å². The maximum absolute atomic E-state index is 5.89. The monoisotopic (exact) mass is 385 g/mol. The molecule has 2 aromatic heterocycles. The Morgan fingerprint density at radius 1 is 0.862 bits per heavy atom. The molecular weight excluding hydrogens is 362 g/mol. The van der Waals surface area contributed by atoms with Crippen LogP contribution in [0.5, 0.6) is 5.75 Å². The number of nitrogens with zero attached hydrogens (tertiary/aromatic N) is 3. The Bertz CT molecular complexity index is 1140. The number of para-hydroxylation sites is 3. The van der Waals surface area contributed by atoms with Crippen molar-refractivity contribution in [1.29, 1.82) is 0 Å². The second-order valence-corrected chi connectivity index (χ2v) is 7.01. The fraction of sp³-hybridized carbons (Fsp3) is 0.174. The molecule has 2 aromatic carbocycles. The lowest BCUT2D eigenvalue weighted by Crippen LogP contribution is -2.08. The topological polar surface area (TPSA) is 72.0 Å². The van der Waals surface area contributed by atoms with Crippen LogP contribution in [0.1, 0.15) is 19.5 Å². The van der Waals surface area contributed by atoms with Gasteiger partial charge in [-0.25, -0.2) is 4.98 Å². The lowest BCUT2D eigenvalue weighted by atomic mass is 10.2. The average Bonchev–Trinajstić information content (AvgIpc) is 2.69. The van der Waals surface area contributed by atoms with Gasteiger partial charge in [0.1, 0.15) is 11.6 Å². The lowest BCUT2D eigenvalue weighted by Gasteiger charge is -2.16. The van der Waals surface area contributed by atoms with Crippen LogP contribution < -0.4 is 15.4 Å². The van der Waals surface area contributed by atoms with E-state index in [2.05, 4.69) is 25.6 Å². The summed E-state index contributed by atoms with van der Waals surface area (Å²) in [5.74, 6) is 1.98. The average molecular weight is 385 g/mol. The molecule has 146 valence electrons. The van der Waals surface area contributed by atoms with Crippen molar-refractivity contribution < 1.29 is 4.74 Å². The summed E-state index contributed by atoms with van der Waals surface area (Å²) >= 11 is 0. The van der Waals surface area contributed by atoms with E-state index in [0.717, 1.165) is 33.7 Å². The molecule has 0 saturated heterocycles. The van der Waals surface area contributed by atoms with Crippen LogP contribution in [0.2, 0.25) is 0 Å². The highest BCUT2D eigenvalue weighted by atomic mass is 16.5. The van der Waals surface area contributed by atoms with Gasteiger partial charge in [-0.05, 0) is 45.0 Å². The second-order valence-electron chi connectivity index (χ2n) is 7.01. The first kappa shape index (κ1) is 18.7. The van der Waals surface area contributed by atoms with Gasteiger partial charge in [0.15, 0.2) is 0 Å². The van der Waals surface area contributed by atoms with Crippen LogP contribution in [-0.2, 0) is 0 Å². The van der Waals surface area contributed by atoms with Gasteiger partial charge < -0.3 is 15.4 Å². The molecule has 0 aliphatic heterocycles. The zero-order valence-electron chi connectivity index (χ0n) is 16.7. The van der Waals surface area contributed by atoms with Crippen molar-refractivity contribution in [3.8, 4) is 5.75 Å². The van der Waals surface area contributed by atoms with Crippen molar-refractivity contribution in [1.82, 2.24) is 15.0 Å². The fourth-order valence-electron chi connectivity index (χ4n) is 3.08. The number of pyridine rings is 1. The first-order chi connectivity index (χ1) is 14.1. The number of fused-ring (bicyclic) bond motifs is 1. The standard InChI is InChI=1S/C23H23N5O/c1-15(2)29-20-12-5-4-10-18(20)26-21-14-16(3)25-23(28-21)27-19-11-6-8-17-9-7-13-24-22(17)19/h4-15H,1-3H3,(H2,25,26,27,28). The van der Waals surface area contributed by atoms with Crippen molar-refractivity contribution >= 4 is 34.0 Å². The van der Waals surface area contributed by atoms with E-state index in [9.17, 15) is 0 Å². The van der Waals surface area contributed by atoms with Gasteiger partial charge in [-0.15, -0.1) is 0 Å². The number of aryl methyl sites for hydroxylation is 1. The van der Waals surface area contributed by atoms with Crippen LogP contribution in [0.25, 0.3) is 10.9 Å². The summed E-state index contributed by atoms with van der Waals surface area (Å²) in [5.41, 5.74) is 3.45. The minimum atomic E-state index is 0.0844. The number of hydrogen-bond acceptors (Lipinski definition) is 6. The van der Waals surface area contributed by atoms with E-state index in [0.29, 0.717) is 11.8 Å². The Morgan fingerprint density at radius 3 is 2.52 bits per heavy atom. The van der Waals surface area contributed by atoms with Gasteiger partial charge in [-0.1, -0.05) is 30.3 Å². The summed E-state index contributed by atoms with van der Waals surface area (Å²) in [6.07, 6.45) is 1.87. The SMILES string of the molecule is Cc1cc(Nc2ccccc2OC(C)C)nc(Nc2cccc3cccnc23)n1. The van der Waals surface area contributed by atoms with Crippen molar-refractivity contribution in [2.75, 3.05) is 10.6 Å². The molecule has 4 rings (SSSR count). The van der Waals surface area contributed by atoms with Crippen molar-refractivity contribution in [2.24, 2.45) is 0 Å². The first-order valence-electron chi connectivity index (χ1n) is 9.57. The Morgan fingerprint density at radius 2 is 1.66 bits per heavy atom. The summed E-state index contributed by atoms with van der Waals surface area (Å²) in [7, 11) is 0. The number of benzene rings is 2. The Balaban J connectivity index is 1.63. The summed E-state index contributed by atoms with van der Waals surface area (Å²) < 4.78 is 5.89. The molecule has 0 unspecified atom stereocenters. The third kappa shape index (κ3) is 4.43. The van der Waals surface area contributed by atoms with E-state index in [-0.39, 0.29) is 6.10 Å². The zero-order valence-corrected chi connectivity index (χ0v) is 16.7.